The maximum Gasteiger partial charge on any atom is 0.217 e. The standard InChI is InChI=1S/C36H63NO22/c1-7-8-50-32-11(2)28(20(42)13(4)51-32)56-35-30(26(48)19(41)12(3)52-35)58-36-31(59-33-18(37-15(6)40)24(46)22(44)16(9-38)54-33)29(21(43)14(5)53-36)57-34-27(49)25(47)23(45)17(10-39)55-34/h11-14,16-36,38-39,41-49H,7-10H2,1-6H3,(H,37,40)/t11?,12?,13?,14?,16?,17-,18+,19-,20-,21-,22+,23+,24?,25?,26-,27?,28+,29-,30?,31?,32+,33-,34+,35-,36-/m0/s1. The molecular formula is C36H63NO22. The van der Waals surface area contributed by atoms with Crippen LogP contribution in [0.2, 0.25) is 0 Å². The van der Waals surface area contributed by atoms with Gasteiger partial charge in [0.2, 0.25) is 5.91 Å². The van der Waals surface area contributed by atoms with Crippen LogP contribution in [-0.2, 0) is 52.2 Å². The van der Waals surface area contributed by atoms with Gasteiger partial charge in [0.05, 0.1) is 37.6 Å². The van der Waals surface area contributed by atoms with Crippen molar-refractivity contribution in [2.45, 2.75) is 195 Å². The lowest BCUT2D eigenvalue weighted by atomic mass is 9.92. The van der Waals surface area contributed by atoms with Gasteiger partial charge in [-0.15, -0.1) is 0 Å². The molecule has 0 aromatic rings. The Morgan fingerprint density at radius 2 is 0.983 bits per heavy atom. The van der Waals surface area contributed by atoms with Crippen LogP contribution in [-0.4, -0.2) is 229 Å². The van der Waals surface area contributed by atoms with E-state index in [1.165, 1.54) is 13.8 Å². The number of amides is 1. The Kier molecular flexibility index (Phi) is 17.2. The Morgan fingerprint density at radius 1 is 0.508 bits per heavy atom. The molecule has 0 spiro atoms. The van der Waals surface area contributed by atoms with Gasteiger partial charge in [0.15, 0.2) is 31.5 Å². The number of nitrogens with one attached hydrogen (secondary N) is 1. The lowest BCUT2D eigenvalue weighted by Crippen LogP contribution is -2.69. The topological polar surface area (TPSA) is 344 Å². The normalized spacial score (nSPS) is 51.0. The molecule has 0 aliphatic carbocycles. The van der Waals surface area contributed by atoms with Gasteiger partial charge in [0.25, 0.3) is 0 Å². The van der Waals surface area contributed by atoms with Crippen LogP contribution in [0.25, 0.3) is 0 Å². The molecule has 23 heteroatoms. The zero-order valence-electron chi connectivity index (χ0n) is 33.7. The van der Waals surface area contributed by atoms with Crippen LogP contribution in [0.15, 0.2) is 0 Å². The smallest absolute Gasteiger partial charge is 0.217 e. The number of aliphatic hydroxyl groups is 11. The molecule has 5 rings (SSSR count). The molecule has 1 amide bonds. The van der Waals surface area contributed by atoms with E-state index in [1.807, 2.05) is 6.92 Å². The van der Waals surface area contributed by atoms with Crippen LogP contribution in [0.4, 0.5) is 0 Å². The average molecular weight is 862 g/mol. The van der Waals surface area contributed by atoms with Gasteiger partial charge in [0, 0.05) is 19.4 Å². The summed E-state index contributed by atoms with van der Waals surface area (Å²) < 4.78 is 60.1. The van der Waals surface area contributed by atoms with Gasteiger partial charge in [-0.1, -0.05) is 13.8 Å². The second-order valence-electron chi connectivity index (χ2n) is 15.9. The van der Waals surface area contributed by atoms with Crippen LogP contribution in [0.5, 0.6) is 0 Å². The summed E-state index contributed by atoms with van der Waals surface area (Å²) in [7, 11) is 0. The summed E-state index contributed by atoms with van der Waals surface area (Å²) in [5.41, 5.74) is 0. The molecule has 12 N–H and O–H groups in total. The highest BCUT2D eigenvalue weighted by molar-refractivity contribution is 5.73. The van der Waals surface area contributed by atoms with E-state index in [0.717, 1.165) is 6.92 Å². The lowest BCUT2D eigenvalue weighted by molar-refractivity contribution is -0.407. The molecule has 0 aromatic carbocycles. The van der Waals surface area contributed by atoms with Crippen LogP contribution in [0, 0.1) is 5.92 Å². The van der Waals surface area contributed by atoms with Crippen molar-refractivity contribution in [1.29, 1.82) is 0 Å². The predicted molar refractivity (Wildman–Crippen MR) is 191 cm³/mol. The number of ether oxygens (including phenoxy) is 10. The highest BCUT2D eigenvalue weighted by Gasteiger charge is 2.57. The van der Waals surface area contributed by atoms with Gasteiger partial charge in [-0.25, -0.2) is 0 Å². The van der Waals surface area contributed by atoms with Crippen LogP contribution >= 0.6 is 0 Å². The zero-order valence-corrected chi connectivity index (χ0v) is 33.7. The minimum Gasteiger partial charge on any atom is -0.394 e. The Morgan fingerprint density at radius 3 is 1.56 bits per heavy atom. The fourth-order valence-electron chi connectivity index (χ4n) is 7.82. The first-order valence-corrected chi connectivity index (χ1v) is 20.0. The van der Waals surface area contributed by atoms with Gasteiger partial charge in [-0.3, -0.25) is 4.79 Å². The zero-order chi connectivity index (χ0) is 43.6. The molecule has 5 saturated heterocycles. The predicted octanol–water partition coefficient (Wildman–Crippen LogP) is -5.99. The average Bonchev–Trinajstić information content (AvgIpc) is 3.20. The molecule has 25 atom stereocenters. The number of hydrogen-bond donors (Lipinski definition) is 12. The molecule has 23 nitrogen and oxygen atoms in total. The minimum absolute atomic E-state index is 0.345. The third kappa shape index (κ3) is 10.5. The van der Waals surface area contributed by atoms with Gasteiger partial charge in [-0.05, 0) is 27.2 Å². The number of hydrogen-bond acceptors (Lipinski definition) is 22. The van der Waals surface area contributed by atoms with E-state index < -0.39 is 172 Å². The Balaban J connectivity index is 1.52. The van der Waals surface area contributed by atoms with Gasteiger partial charge >= 0.3 is 0 Å². The van der Waals surface area contributed by atoms with Crippen LogP contribution in [0.3, 0.4) is 0 Å². The van der Waals surface area contributed by atoms with E-state index >= 15 is 0 Å². The Bertz CT molecular complexity index is 1320. The molecule has 5 aliphatic heterocycles. The first kappa shape index (κ1) is 48.7. The summed E-state index contributed by atoms with van der Waals surface area (Å²) in [5.74, 6) is -1.32. The molecule has 5 heterocycles. The first-order valence-electron chi connectivity index (χ1n) is 20.0. The van der Waals surface area contributed by atoms with Crippen molar-refractivity contribution in [2.24, 2.45) is 5.92 Å². The Labute approximate surface area is 340 Å². The molecule has 10 unspecified atom stereocenters. The van der Waals surface area contributed by atoms with Crippen molar-refractivity contribution >= 4 is 5.91 Å². The summed E-state index contributed by atoms with van der Waals surface area (Å²) in [6.07, 6.45) is -35.0. The van der Waals surface area contributed by atoms with Gasteiger partial charge in [0.1, 0.15) is 91.5 Å². The second-order valence-corrected chi connectivity index (χ2v) is 15.9. The fourth-order valence-corrected chi connectivity index (χ4v) is 7.82. The van der Waals surface area contributed by atoms with Crippen molar-refractivity contribution in [2.75, 3.05) is 19.8 Å². The quantitative estimate of drug-likeness (QED) is 0.0773. The minimum atomic E-state index is -1.98. The van der Waals surface area contributed by atoms with E-state index in [9.17, 15) is 61.0 Å². The molecule has 5 aliphatic rings. The monoisotopic (exact) mass is 861 g/mol. The summed E-state index contributed by atoms with van der Waals surface area (Å²) in [6.45, 7) is 7.87. The maximum atomic E-state index is 12.3. The number of rotatable bonds is 14. The van der Waals surface area contributed by atoms with Crippen LogP contribution in [0.1, 0.15) is 48.0 Å². The van der Waals surface area contributed by atoms with Crippen molar-refractivity contribution < 1.29 is 108 Å². The molecule has 0 aromatic heterocycles. The molecule has 0 saturated carbocycles. The van der Waals surface area contributed by atoms with E-state index in [-0.39, 0.29) is 0 Å². The number of carbonyl (C=O) groups is 1. The fraction of sp³-hybridized carbons (Fsp3) is 0.972. The van der Waals surface area contributed by atoms with Crippen molar-refractivity contribution in [1.82, 2.24) is 5.32 Å². The second kappa shape index (κ2) is 20.9. The molecule has 344 valence electrons. The number of carbonyl (C=O) groups excluding carboxylic acids is 1. The van der Waals surface area contributed by atoms with Crippen molar-refractivity contribution in [3.8, 4) is 0 Å². The summed E-state index contributed by atoms with van der Waals surface area (Å²) in [6, 6.07) is -1.56. The highest BCUT2D eigenvalue weighted by atomic mass is 16.8. The van der Waals surface area contributed by atoms with E-state index in [2.05, 4.69) is 5.32 Å². The Hall–Kier alpha value is -1.37. The summed E-state index contributed by atoms with van der Waals surface area (Å²) >= 11 is 0. The van der Waals surface area contributed by atoms with E-state index in [1.54, 1.807) is 13.8 Å². The third-order valence-electron chi connectivity index (χ3n) is 11.4. The summed E-state index contributed by atoms with van der Waals surface area (Å²) in [4.78, 5) is 12.3. The van der Waals surface area contributed by atoms with Gasteiger partial charge in [-0.2, -0.15) is 0 Å². The highest BCUT2D eigenvalue weighted by Crippen LogP contribution is 2.38. The summed E-state index contributed by atoms with van der Waals surface area (Å²) in [5, 5.41) is 121. The molecule has 5 fully saturated rings. The molecular weight excluding hydrogens is 798 g/mol. The molecule has 59 heavy (non-hydrogen) atoms. The lowest BCUT2D eigenvalue weighted by Gasteiger charge is -2.51. The number of aliphatic hydroxyl groups excluding tert-OH is 11. The maximum absolute atomic E-state index is 12.3. The third-order valence-corrected chi connectivity index (χ3v) is 11.4. The SMILES string of the molecule is CCCO[C@@H]1OC(C)[C@H](O)[C@H](O[C@@H]2OC(C)[C@H](O)[C@H](O)C2O[C@@H]2OC(C)[C@H](O)[C@H](O[C@H]3O[C@@H](CO)[C@@H](O)C(O)C3O)C2O[C@@H]2OC(CO)[C@@H](O)C(O)[C@H]2NC(C)=O)C1C. The van der Waals surface area contributed by atoms with E-state index in [4.69, 9.17) is 47.4 Å². The molecule has 0 radical (unpaired) electrons. The van der Waals surface area contributed by atoms with E-state index in [0.29, 0.717) is 13.0 Å². The first-order chi connectivity index (χ1) is 27.8. The van der Waals surface area contributed by atoms with Crippen LogP contribution < -0.4 is 5.32 Å². The van der Waals surface area contributed by atoms with Crippen molar-refractivity contribution in [3.63, 3.8) is 0 Å². The largest absolute Gasteiger partial charge is 0.394 e. The van der Waals surface area contributed by atoms with Gasteiger partial charge < -0.3 is 109 Å². The van der Waals surface area contributed by atoms with Crippen molar-refractivity contribution in [3.05, 3.63) is 0 Å². The molecule has 0 bridgehead atoms.